The number of carbonyl (C=O) groups excluding carboxylic acids is 1. The summed E-state index contributed by atoms with van der Waals surface area (Å²) in [5.41, 5.74) is 0.782. The zero-order valence-electron chi connectivity index (χ0n) is 9.69. The summed E-state index contributed by atoms with van der Waals surface area (Å²) in [5, 5.41) is 16.0. The molecule has 0 saturated carbocycles. The number of aliphatic carboxylic acids is 1. The monoisotopic (exact) mass is 257 g/mol. The summed E-state index contributed by atoms with van der Waals surface area (Å²) < 4.78 is 0. The van der Waals surface area contributed by atoms with Crippen LogP contribution in [0.5, 0.6) is 0 Å². The van der Waals surface area contributed by atoms with Gasteiger partial charge in [-0.25, -0.2) is 9.78 Å². The Morgan fingerprint density at radius 3 is 2.71 bits per heavy atom. The first-order chi connectivity index (χ1) is 7.99. The lowest BCUT2D eigenvalue weighted by molar-refractivity contribution is -0.135. The van der Waals surface area contributed by atoms with Crippen molar-refractivity contribution in [1.29, 1.82) is 0 Å². The SMILES string of the molecule is CC(C)c1nc(CNC(=O)NCC(=O)O)cs1. The molecule has 0 fully saturated rings. The average Bonchev–Trinajstić information content (AvgIpc) is 2.72. The van der Waals surface area contributed by atoms with Gasteiger partial charge in [0.15, 0.2) is 0 Å². The molecule has 0 radical (unpaired) electrons. The topological polar surface area (TPSA) is 91.3 Å². The number of hydrogen-bond donors (Lipinski definition) is 3. The lowest BCUT2D eigenvalue weighted by Gasteiger charge is -2.03. The third-order valence-corrected chi connectivity index (χ3v) is 3.09. The van der Waals surface area contributed by atoms with E-state index >= 15 is 0 Å². The highest BCUT2D eigenvalue weighted by atomic mass is 32.1. The third kappa shape index (κ3) is 4.81. The van der Waals surface area contributed by atoms with E-state index in [0.29, 0.717) is 12.5 Å². The van der Waals surface area contributed by atoms with Gasteiger partial charge in [0.05, 0.1) is 17.2 Å². The van der Waals surface area contributed by atoms with Gasteiger partial charge in [-0.2, -0.15) is 0 Å². The second-order valence-electron chi connectivity index (χ2n) is 3.76. The maximum Gasteiger partial charge on any atom is 0.323 e. The first-order valence-corrected chi connectivity index (χ1v) is 6.04. The molecule has 0 bridgehead atoms. The molecule has 0 aliphatic carbocycles. The number of rotatable bonds is 5. The van der Waals surface area contributed by atoms with Gasteiger partial charge in [0.1, 0.15) is 6.54 Å². The standard InChI is InChI=1S/C10H15N3O3S/c1-6(2)9-13-7(5-17-9)3-11-10(16)12-4-8(14)15/h5-6H,3-4H2,1-2H3,(H,14,15)(H2,11,12,16). The fourth-order valence-electron chi connectivity index (χ4n) is 1.06. The molecule has 7 heteroatoms. The van der Waals surface area contributed by atoms with Crippen LogP contribution in [0.1, 0.15) is 30.5 Å². The summed E-state index contributed by atoms with van der Waals surface area (Å²) in [6.45, 7) is 4.01. The molecular weight excluding hydrogens is 242 g/mol. The number of nitrogens with zero attached hydrogens (tertiary/aromatic N) is 1. The molecule has 6 nitrogen and oxygen atoms in total. The zero-order valence-corrected chi connectivity index (χ0v) is 10.5. The van der Waals surface area contributed by atoms with E-state index in [9.17, 15) is 9.59 Å². The molecule has 0 unspecified atom stereocenters. The number of nitrogens with one attached hydrogen (secondary N) is 2. The molecule has 17 heavy (non-hydrogen) atoms. The summed E-state index contributed by atoms with van der Waals surface area (Å²) in [6.07, 6.45) is 0. The van der Waals surface area contributed by atoms with E-state index < -0.39 is 12.0 Å². The van der Waals surface area contributed by atoms with Crippen molar-refractivity contribution >= 4 is 23.3 Å². The predicted molar refractivity (Wildman–Crippen MR) is 64.1 cm³/mol. The fourth-order valence-corrected chi connectivity index (χ4v) is 1.89. The number of aromatic nitrogens is 1. The molecule has 1 rings (SSSR count). The van der Waals surface area contributed by atoms with Crippen LogP contribution in [0.4, 0.5) is 4.79 Å². The van der Waals surface area contributed by atoms with Gasteiger partial charge in [0.2, 0.25) is 0 Å². The highest BCUT2D eigenvalue weighted by molar-refractivity contribution is 7.09. The Hall–Kier alpha value is -1.63. The minimum Gasteiger partial charge on any atom is -0.480 e. The first-order valence-electron chi connectivity index (χ1n) is 5.17. The Morgan fingerprint density at radius 2 is 2.18 bits per heavy atom. The molecule has 0 aliphatic rings. The average molecular weight is 257 g/mol. The normalized spacial score (nSPS) is 10.3. The fraction of sp³-hybridized carbons (Fsp3) is 0.500. The van der Waals surface area contributed by atoms with Crippen LogP contribution < -0.4 is 10.6 Å². The summed E-state index contributed by atoms with van der Waals surface area (Å²) in [5.74, 6) is -0.703. The Labute approximate surface area is 103 Å². The smallest absolute Gasteiger partial charge is 0.323 e. The lowest BCUT2D eigenvalue weighted by Crippen LogP contribution is -2.38. The zero-order chi connectivity index (χ0) is 12.8. The molecule has 0 aromatic carbocycles. The molecule has 1 heterocycles. The first kappa shape index (κ1) is 13.4. The van der Waals surface area contributed by atoms with Crippen molar-refractivity contribution in [3.05, 3.63) is 16.1 Å². The van der Waals surface area contributed by atoms with Crippen molar-refractivity contribution in [1.82, 2.24) is 15.6 Å². The van der Waals surface area contributed by atoms with Crippen LogP contribution >= 0.6 is 11.3 Å². The van der Waals surface area contributed by atoms with E-state index in [1.54, 1.807) is 11.3 Å². The van der Waals surface area contributed by atoms with E-state index in [1.165, 1.54) is 0 Å². The van der Waals surface area contributed by atoms with Crippen molar-refractivity contribution in [3.63, 3.8) is 0 Å². The molecule has 0 atom stereocenters. The molecule has 1 aromatic heterocycles. The van der Waals surface area contributed by atoms with Crippen molar-refractivity contribution in [2.45, 2.75) is 26.3 Å². The second kappa shape index (κ2) is 6.19. The Kier molecular flexibility index (Phi) is 4.89. The number of urea groups is 1. The highest BCUT2D eigenvalue weighted by Gasteiger charge is 2.07. The number of carboxylic acid groups (broad SMARTS) is 1. The summed E-state index contributed by atoms with van der Waals surface area (Å²) >= 11 is 1.55. The highest BCUT2D eigenvalue weighted by Crippen LogP contribution is 2.18. The van der Waals surface area contributed by atoms with Crippen LogP contribution in [0, 0.1) is 0 Å². The third-order valence-electron chi connectivity index (χ3n) is 1.89. The van der Waals surface area contributed by atoms with Crippen LogP contribution in [0.25, 0.3) is 0 Å². The van der Waals surface area contributed by atoms with Gasteiger partial charge in [-0.1, -0.05) is 13.8 Å². The molecule has 0 aliphatic heterocycles. The Morgan fingerprint density at radius 1 is 1.47 bits per heavy atom. The van der Waals surface area contributed by atoms with Crippen LogP contribution in [0.2, 0.25) is 0 Å². The number of carboxylic acids is 1. The van der Waals surface area contributed by atoms with Crippen LogP contribution in [-0.2, 0) is 11.3 Å². The van der Waals surface area contributed by atoms with Gasteiger partial charge in [-0.05, 0) is 0 Å². The maximum absolute atomic E-state index is 11.2. The van der Waals surface area contributed by atoms with Crippen molar-refractivity contribution in [2.24, 2.45) is 0 Å². The Bertz CT molecular complexity index is 403. The minimum atomic E-state index is -1.07. The molecule has 94 valence electrons. The molecule has 0 saturated heterocycles. The molecule has 1 aromatic rings. The number of carbonyl (C=O) groups is 2. The summed E-state index contributed by atoms with van der Waals surface area (Å²) in [4.78, 5) is 25.7. The summed E-state index contributed by atoms with van der Waals surface area (Å²) in [7, 11) is 0. The predicted octanol–water partition coefficient (Wildman–Crippen LogP) is 1.15. The number of amides is 2. The van der Waals surface area contributed by atoms with Gasteiger partial charge in [-0.15, -0.1) is 11.3 Å². The van der Waals surface area contributed by atoms with E-state index in [1.807, 2.05) is 5.38 Å². The number of thiazole rings is 1. The van der Waals surface area contributed by atoms with E-state index in [-0.39, 0.29) is 6.54 Å². The molecule has 2 amide bonds. The molecule has 0 spiro atoms. The number of hydrogen-bond acceptors (Lipinski definition) is 4. The van der Waals surface area contributed by atoms with Gasteiger partial charge < -0.3 is 15.7 Å². The van der Waals surface area contributed by atoms with Gasteiger partial charge in [0, 0.05) is 11.3 Å². The van der Waals surface area contributed by atoms with Gasteiger partial charge in [0.25, 0.3) is 0 Å². The molecular formula is C10H15N3O3S. The van der Waals surface area contributed by atoms with E-state index in [2.05, 4.69) is 29.5 Å². The van der Waals surface area contributed by atoms with Crippen LogP contribution in [-0.4, -0.2) is 28.6 Å². The lowest BCUT2D eigenvalue weighted by atomic mass is 10.2. The van der Waals surface area contributed by atoms with Crippen molar-refractivity contribution in [3.8, 4) is 0 Å². The van der Waals surface area contributed by atoms with Gasteiger partial charge in [-0.3, -0.25) is 4.79 Å². The second-order valence-corrected chi connectivity index (χ2v) is 4.65. The largest absolute Gasteiger partial charge is 0.480 e. The van der Waals surface area contributed by atoms with E-state index in [0.717, 1.165) is 10.7 Å². The van der Waals surface area contributed by atoms with Gasteiger partial charge >= 0.3 is 12.0 Å². The van der Waals surface area contributed by atoms with Crippen molar-refractivity contribution < 1.29 is 14.7 Å². The van der Waals surface area contributed by atoms with Crippen LogP contribution in [0.15, 0.2) is 5.38 Å². The quantitative estimate of drug-likeness (QED) is 0.738. The van der Waals surface area contributed by atoms with Crippen molar-refractivity contribution in [2.75, 3.05) is 6.54 Å². The molecule has 3 N–H and O–H groups in total. The Balaban J connectivity index is 2.34. The van der Waals surface area contributed by atoms with Crippen LogP contribution in [0.3, 0.4) is 0 Å². The summed E-state index contributed by atoms with van der Waals surface area (Å²) in [6, 6.07) is -0.508. The maximum atomic E-state index is 11.2. The van der Waals surface area contributed by atoms with E-state index in [4.69, 9.17) is 5.11 Å². The minimum absolute atomic E-state index is 0.300.